The smallest absolute Gasteiger partial charge is 0.337 e. The van der Waals surface area contributed by atoms with Crippen molar-refractivity contribution in [2.24, 2.45) is 0 Å². The van der Waals surface area contributed by atoms with Crippen molar-refractivity contribution in [2.75, 3.05) is 32.7 Å². The first-order valence-electron chi connectivity index (χ1n) is 10.8. The van der Waals surface area contributed by atoms with E-state index in [1.807, 2.05) is 11.8 Å². The SMILES string of the molecule is CC(c1nc(-c2cccc(C(F)(F)F)c2)no1)N1CCN(CC(=O)NC(=O)NC2CC2)CC1. The third-order valence-electron chi connectivity index (χ3n) is 5.73. The third kappa shape index (κ3) is 6.08. The van der Waals surface area contributed by atoms with Crippen LogP contribution in [-0.4, -0.2) is 70.6 Å². The molecule has 3 amide bonds. The molecule has 1 aliphatic carbocycles. The fourth-order valence-corrected chi connectivity index (χ4v) is 3.64. The van der Waals surface area contributed by atoms with Gasteiger partial charge in [0.25, 0.3) is 0 Å². The Morgan fingerprint density at radius 2 is 1.94 bits per heavy atom. The van der Waals surface area contributed by atoms with Crippen LogP contribution in [-0.2, 0) is 11.0 Å². The standard InChI is InChI=1S/C21H25F3N6O3/c1-13(19-27-18(28-33-19)14-3-2-4-15(11-14)21(22,23)24)30-9-7-29(8-10-30)12-17(31)26-20(32)25-16-5-6-16/h2-4,11,13,16H,5-10,12H2,1H3,(H2,25,26,31,32). The summed E-state index contributed by atoms with van der Waals surface area (Å²) in [5.41, 5.74) is -0.543. The average molecular weight is 466 g/mol. The lowest BCUT2D eigenvalue weighted by atomic mass is 10.1. The molecule has 4 rings (SSSR count). The summed E-state index contributed by atoms with van der Waals surface area (Å²) in [6.45, 7) is 4.48. The lowest BCUT2D eigenvalue weighted by Crippen LogP contribution is -2.51. The second kappa shape index (κ2) is 9.48. The van der Waals surface area contributed by atoms with Crippen molar-refractivity contribution >= 4 is 11.9 Å². The van der Waals surface area contributed by atoms with E-state index in [9.17, 15) is 22.8 Å². The van der Waals surface area contributed by atoms with Gasteiger partial charge in [0.1, 0.15) is 0 Å². The Labute approximate surface area is 188 Å². The number of urea groups is 1. The van der Waals surface area contributed by atoms with E-state index in [1.54, 1.807) is 0 Å². The maximum absolute atomic E-state index is 13.0. The molecule has 33 heavy (non-hydrogen) atoms. The number of hydrogen-bond acceptors (Lipinski definition) is 7. The highest BCUT2D eigenvalue weighted by molar-refractivity contribution is 5.95. The number of piperazine rings is 1. The molecule has 2 N–H and O–H groups in total. The number of nitrogens with zero attached hydrogens (tertiary/aromatic N) is 4. The molecule has 1 unspecified atom stereocenters. The molecule has 1 saturated carbocycles. The Morgan fingerprint density at radius 1 is 1.21 bits per heavy atom. The zero-order valence-electron chi connectivity index (χ0n) is 18.1. The lowest BCUT2D eigenvalue weighted by molar-refractivity contribution is -0.137. The number of halogens is 3. The minimum absolute atomic E-state index is 0.0998. The Morgan fingerprint density at radius 3 is 2.61 bits per heavy atom. The average Bonchev–Trinajstić information content (AvgIpc) is 3.44. The molecular weight excluding hydrogens is 441 g/mol. The van der Waals surface area contributed by atoms with Crippen LogP contribution in [0.2, 0.25) is 0 Å². The van der Waals surface area contributed by atoms with Crippen LogP contribution in [0.3, 0.4) is 0 Å². The largest absolute Gasteiger partial charge is 0.416 e. The van der Waals surface area contributed by atoms with Crippen LogP contribution >= 0.6 is 0 Å². The Kier molecular flexibility index (Phi) is 6.66. The van der Waals surface area contributed by atoms with E-state index in [0.717, 1.165) is 25.0 Å². The van der Waals surface area contributed by atoms with Crippen LogP contribution in [0, 0.1) is 0 Å². The van der Waals surface area contributed by atoms with Gasteiger partial charge in [0.15, 0.2) is 0 Å². The molecule has 2 aliphatic rings. The molecule has 1 aliphatic heterocycles. The highest BCUT2D eigenvalue weighted by Gasteiger charge is 2.31. The van der Waals surface area contributed by atoms with Gasteiger partial charge < -0.3 is 9.84 Å². The van der Waals surface area contributed by atoms with Crippen LogP contribution in [0.1, 0.15) is 37.3 Å². The van der Waals surface area contributed by atoms with Crippen LogP contribution in [0.5, 0.6) is 0 Å². The van der Waals surface area contributed by atoms with E-state index < -0.39 is 17.8 Å². The van der Waals surface area contributed by atoms with E-state index in [-0.39, 0.29) is 35.9 Å². The van der Waals surface area contributed by atoms with Crippen molar-refractivity contribution in [3.05, 3.63) is 35.7 Å². The summed E-state index contributed by atoms with van der Waals surface area (Å²) in [6, 6.07) is 4.29. The van der Waals surface area contributed by atoms with Crippen LogP contribution in [0.25, 0.3) is 11.4 Å². The molecule has 12 heteroatoms. The Hall–Kier alpha value is -2.99. The van der Waals surface area contributed by atoms with Crippen LogP contribution in [0.15, 0.2) is 28.8 Å². The van der Waals surface area contributed by atoms with Gasteiger partial charge in [-0.3, -0.25) is 19.9 Å². The number of rotatable bonds is 6. The van der Waals surface area contributed by atoms with Gasteiger partial charge in [-0.2, -0.15) is 18.2 Å². The minimum Gasteiger partial charge on any atom is -0.337 e. The predicted molar refractivity (Wildman–Crippen MR) is 111 cm³/mol. The van der Waals surface area contributed by atoms with Gasteiger partial charge in [0.05, 0.1) is 18.2 Å². The van der Waals surface area contributed by atoms with Gasteiger partial charge in [-0.15, -0.1) is 0 Å². The highest BCUT2D eigenvalue weighted by atomic mass is 19.4. The quantitative estimate of drug-likeness (QED) is 0.674. The third-order valence-corrected chi connectivity index (χ3v) is 5.73. The topological polar surface area (TPSA) is 104 Å². The summed E-state index contributed by atoms with van der Waals surface area (Å²) in [4.78, 5) is 32.1. The molecule has 1 aromatic heterocycles. The molecule has 1 aromatic carbocycles. The fourth-order valence-electron chi connectivity index (χ4n) is 3.64. The maximum atomic E-state index is 13.0. The maximum Gasteiger partial charge on any atom is 0.416 e. The number of hydrogen-bond donors (Lipinski definition) is 2. The molecule has 1 saturated heterocycles. The zero-order valence-corrected chi connectivity index (χ0v) is 18.1. The molecule has 2 aromatic rings. The summed E-state index contributed by atoms with van der Waals surface area (Å²) >= 11 is 0. The molecule has 2 heterocycles. The number of alkyl halides is 3. The van der Waals surface area contributed by atoms with Crippen molar-refractivity contribution in [3.63, 3.8) is 0 Å². The van der Waals surface area contributed by atoms with E-state index in [2.05, 4.69) is 25.7 Å². The summed E-state index contributed by atoms with van der Waals surface area (Å²) in [5, 5.41) is 8.90. The number of aromatic nitrogens is 2. The fraction of sp³-hybridized carbons (Fsp3) is 0.524. The Balaban J connectivity index is 1.28. The molecule has 178 valence electrons. The minimum atomic E-state index is -4.45. The second-order valence-electron chi connectivity index (χ2n) is 8.32. The summed E-state index contributed by atoms with van der Waals surface area (Å²) in [5.74, 6) is 0.0605. The van der Waals surface area contributed by atoms with E-state index in [0.29, 0.717) is 32.1 Å². The molecular formula is C21H25F3N6O3. The second-order valence-corrected chi connectivity index (χ2v) is 8.32. The van der Waals surface area contributed by atoms with Crippen molar-refractivity contribution in [3.8, 4) is 11.4 Å². The van der Waals surface area contributed by atoms with Crippen LogP contribution < -0.4 is 10.6 Å². The summed E-state index contributed by atoms with van der Waals surface area (Å²) in [7, 11) is 0. The summed E-state index contributed by atoms with van der Waals surface area (Å²) < 4.78 is 44.2. The van der Waals surface area contributed by atoms with Gasteiger partial charge in [0, 0.05) is 37.8 Å². The molecule has 1 atom stereocenters. The number of carbonyl (C=O) groups is 2. The number of carbonyl (C=O) groups excluding carboxylic acids is 2. The van der Waals surface area contributed by atoms with Crippen molar-refractivity contribution in [1.82, 2.24) is 30.6 Å². The zero-order chi connectivity index (χ0) is 23.6. The molecule has 0 radical (unpaired) electrons. The van der Waals surface area contributed by atoms with Gasteiger partial charge in [0.2, 0.25) is 17.6 Å². The van der Waals surface area contributed by atoms with E-state index in [1.165, 1.54) is 12.1 Å². The lowest BCUT2D eigenvalue weighted by Gasteiger charge is -2.36. The molecule has 0 bridgehead atoms. The first-order chi connectivity index (χ1) is 15.7. The van der Waals surface area contributed by atoms with Crippen molar-refractivity contribution in [1.29, 1.82) is 0 Å². The van der Waals surface area contributed by atoms with E-state index in [4.69, 9.17) is 4.52 Å². The van der Waals surface area contributed by atoms with Crippen molar-refractivity contribution in [2.45, 2.75) is 38.0 Å². The molecule has 2 fully saturated rings. The number of amides is 3. The predicted octanol–water partition coefficient (Wildman–Crippen LogP) is 2.42. The number of imide groups is 1. The first kappa shape index (κ1) is 23.2. The number of benzene rings is 1. The number of nitrogens with one attached hydrogen (secondary N) is 2. The monoisotopic (exact) mass is 466 g/mol. The van der Waals surface area contributed by atoms with Gasteiger partial charge >= 0.3 is 12.2 Å². The summed E-state index contributed by atoms with van der Waals surface area (Å²) in [6.07, 6.45) is -2.56. The normalized spacial score (nSPS) is 18.7. The van der Waals surface area contributed by atoms with E-state index >= 15 is 0 Å². The highest BCUT2D eigenvalue weighted by Crippen LogP contribution is 2.32. The van der Waals surface area contributed by atoms with Crippen LogP contribution in [0.4, 0.5) is 18.0 Å². The first-order valence-corrected chi connectivity index (χ1v) is 10.8. The van der Waals surface area contributed by atoms with Gasteiger partial charge in [-0.1, -0.05) is 17.3 Å². The Bertz CT molecular complexity index is 999. The molecule has 9 nitrogen and oxygen atoms in total. The van der Waals surface area contributed by atoms with Gasteiger partial charge in [-0.25, -0.2) is 4.79 Å². The van der Waals surface area contributed by atoms with Gasteiger partial charge in [-0.05, 0) is 31.9 Å². The molecule has 0 spiro atoms. The van der Waals surface area contributed by atoms with Crippen molar-refractivity contribution < 1.29 is 27.3 Å².